The molecule has 16 heteroatoms. The third-order valence-corrected chi connectivity index (χ3v) is 13.3. The smallest absolute Gasteiger partial charge is 0.325 e. The number of nitrogens with two attached hydrogens (primary N) is 1. The predicted molar refractivity (Wildman–Crippen MR) is 201 cm³/mol. The van der Waals surface area contributed by atoms with E-state index in [9.17, 15) is 26.5 Å². The van der Waals surface area contributed by atoms with Gasteiger partial charge in [-0.05, 0) is 71.4 Å². The molecule has 2 aliphatic rings. The van der Waals surface area contributed by atoms with Crippen LogP contribution in [0.15, 0.2) is 51.4 Å². The van der Waals surface area contributed by atoms with Gasteiger partial charge in [0, 0.05) is 47.7 Å². The number of ether oxygens (including phenoxy) is 1. The Morgan fingerprint density at radius 1 is 0.824 bits per heavy atom. The molecule has 0 spiro atoms. The first-order chi connectivity index (χ1) is 23.3. The van der Waals surface area contributed by atoms with E-state index in [0.717, 1.165) is 12.8 Å². The molecule has 2 heterocycles. The molecule has 13 nitrogen and oxygen atoms in total. The number of benzene rings is 3. The predicted octanol–water partition coefficient (Wildman–Crippen LogP) is 6.36. The summed E-state index contributed by atoms with van der Waals surface area (Å²) in [5.41, 5.74) is 8.45. The molecule has 3 N–H and O–H groups in total. The van der Waals surface area contributed by atoms with Gasteiger partial charge in [0.15, 0.2) is 0 Å². The zero-order chi connectivity index (χ0) is 36.8. The van der Waals surface area contributed by atoms with Crippen LogP contribution < -0.4 is 11.2 Å². The summed E-state index contributed by atoms with van der Waals surface area (Å²) in [5.74, 6) is 0.0439. The number of anilines is 1. The fourth-order valence-electron chi connectivity index (χ4n) is 7.23. The van der Waals surface area contributed by atoms with Crippen LogP contribution in [-0.4, -0.2) is 70.4 Å². The lowest BCUT2D eigenvalue weighted by Crippen LogP contribution is -2.43. The van der Waals surface area contributed by atoms with Gasteiger partial charge in [-0.2, -0.15) is 8.61 Å². The number of nitroso groups, excluding NO2 is 1. The molecule has 0 amide bonds. The van der Waals surface area contributed by atoms with Crippen LogP contribution in [0.4, 0.5) is 11.4 Å². The third-order valence-electron chi connectivity index (χ3n) is 9.69. The maximum absolute atomic E-state index is 13.9. The molecule has 0 aromatic heterocycles. The Morgan fingerprint density at radius 3 is 1.61 bits per heavy atom. The zero-order valence-corrected chi connectivity index (χ0v) is 32.7. The van der Waals surface area contributed by atoms with E-state index < -0.39 is 44.3 Å². The van der Waals surface area contributed by atoms with Crippen molar-refractivity contribution in [1.29, 1.82) is 0 Å². The largest absolute Gasteiger partial charge is 0.435 e. The number of nitrogens with one attached hydrogen (secondary N) is 1. The van der Waals surface area contributed by atoms with Gasteiger partial charge in [-0.15, -0.1) is 17.3 Å². The van der Waals surface area contributed by atoms with E-state index in [1.165, 1.54) is 32.9 Å². The number of rotatable bonds is 10. The van der Waals surface area contributed by atoms with Crippen molar-refractivity contribution in [2.45, 2.75) is 77.1 Å². The van der Waals surface area contributed by atoms with Crippen molar-refractivity contribution < 1.29 is 31.2 Å². The van der Waals surface area contributed by atoms with E-state index >= 15 is 0 Å². The SMILES string of the molecule is C[C@@H]1C[C@H](C)CN(S(=O)(=O)c2ccc3c(NOCOC(=O)C(N)C(C)(C)C)c4ccc(S(=O)(=O)N5C[C@H](C)C[C@H](C)C5)cc4c(N=O)c3c2)C1.Cl. The monoisotopic (exact) mass is 767 g/mol. The van der Waals surface area contributed by atoms with E-state index in [0.29, 0.717) is 42.6 Å². The van der Waals surface area contributed by atoms with Crippen LogP contribution in [0.5, 0.6) is 0 Å². The van der Waals surface area contributed by atoms with Crippen LogP contribution in [-0.2, 0) is 34.4 Å². The van der Waals surface area contributed by atoms with Gasteiger partial charge in [0.2, 0.25) is 26.8 Å². The highest BCUT2D eigenvalue weighted by atomic mass is 35.5. The number of esters is 1. The average Bonchev–Trinajstić information content (AvgIpc) is 3.03. The summed E-state index contributed by atoms with van der Waals surface area (Å²) >= 11 is 0. The van der Waals surface area contributed by atoms with E-state index in [-0.39, 0.29) is 62.3 Å². The molecule has 3 aromatic rings. The Morgan fingerprint density at radius 2 is 1.24 bits per heavy atom. The normalized spacial score (nSPS) is 23.1. The van der Waals surface area contributed by atoms with Crippen molar-refractivity contribution in [2.75, 3.05) is 38.5 Å². The molecule has 5 atom stereocenters. The fraction of sp³-hybridized carbons (Fsp3) is 0.571. The van der Waals surface area contributed by atoms with Gasteiger partial charge in [0.1, 0.15) is 11.7 Å². The molecule has 0 saturated carbocycles. The van der Waals surface area contributed by atoms with Gasteiger partial charge in [-0.1, -0.05) is 60.6 Å². The molecule has 2 aliphatic heterocycles. The number of fused-ring (bicyclic) bond motifs is 2. The van der Waals surface area contributed by atoms with Gasteiger partial charge in [-0.3, -0.25) is 10.3 Å². The summed E-state index contributed by atoms with van der Waals surface area (Å²) in [7, 11) is -7.90. The van der Waals surface area contributed by atoms with Crippen molar-refractivity contribution in [1.82, 2.24) is 8.61 Å². The van der Waals surface area contributed by atoms with Crippen molar-refractivity contribution in [3.63, 3.8) is 0 Å². The quantitative estimate of drug-likeness (QED) is 0.0589. The highest BCUT2D eigenvalue weighted by Crippen LogP contribution is 2.44. The molecule has 2 fully saturated rings. The van der Waals surface area contributed by atoms with Gasteiger partial charge < -0.3 is 10.5 Å². The lowest BCUT2D eigenvalue weighted by Gasteiger charge is -2.34. The van der Waals surface area contributed by atoms with Gasteiger partial charge in [-0.25, -0.2) is 21.7 Å². The highest BCUT2D eigenvalue weighted by Gasteiger charge is 2.34. The van der Waals surface area contributed by atoms with E-state index in [2.05, 4.69) is 10.7 Å². The molecule has 3 aromatic carbocycles. The second-order valence-electron chi connectivity index (χ2n) is 15.4. The van der Waals surface area contributed by atoms with Crippen molar-refractivity contribution >= 4 is 71.3 Å². The maximum atomic E-state index is 13.9. The number of nitrogens with zero attached hydrogens (tertiary/aromatic N) is 3. The topological polar surface area (TPSA) is 178 Å². The van der Waals surface area contributed by atoms with Crippen LogP contribution >= 0.6 is 12.4 Å². The van der Waals surface area contributed by atoms with Gasteiger partial charge >= 0.3 is 5.97 Å². The van der Waals surface area contributed by atoms with Crippen LogP contribution in [0.2, 0.25) is 0 Å². The van der Waals surface area contributed by atoms with Crippen LogP contribution in [0.1, 0.15) is 61.3 Å². The fourth-order valence-corrected chi connectivity index (χ4v) is 10.6. The first-order valence-corrected chi connectivity index (χ1v) is 19.9. The summed E-state index contributed by atoms with van der Waals surface area (Å²) in [4.78, 5) is 30.6. The number of halogens is 1. The molecule has 1 unspecified atom stereocenters. The summed E-state index contributed by atoms with van der Waals surface area (Å²) in [6.45, 7) is 14.4. The molecule has 0 bridgehead atoms. The van der Waals surface area contributed by atoms with Crippen molar-refractivity contribution in [2.24, 2.45) is 40.0 Å². The molecular formula is C35H50ClN5O8S2. The number of carbonyl (C=O) groups excluding carboxylic acids is 1. The van der Waals surface area contributed by atoms with Gasteiger partial charge in [0.25, 0.3) is 0 Å². The summed E-state index contributed by atoms with van der Waals surface area (Å²) in [6, 6.07) is 7.94. The summed E-state index contributed by atoms with van der Waals surface area (Å²) in [6.07, 6.45) is 1.84. The minimum atomic E-state index is -3.95. The second kappa shape index (κ2) is 15.6. The maximum Gasteiger partial charge on any atom is 0.325 e. The molecule has 0 aliphatic carbocycles. The number of hydrogen-bond donors (Lipinski definition) is 2. The average molecular weight is 768 g/mol. The Balaban J connectivity index is 0.00000583. The first-order valence-electron chi connectivity index (χ1n) is 17.0. The highest BCUT2D eigenvalue weighted by molar-refractivity contribution is 7.89. The lowest BCUT2D eigenvalue weighted by atomic mass is 9.87. The molecule has 51 heavy (non-hydrogen) atoms. The zero-order valence-electron chi connectivity index (χ0n) is 30.2. The van der Waals surface area contributed by atoms with Crippen LogP contribution in [0, 0.1) is 34.0 Å². The minimum Gasteiger partial charge on any atom is -0.435 e. The van der Waals surface area contributed by atoms with Gasteiger partial charge in [0.05, 0.1) is 15.5 Å². The van der Waals surface area contributed by atoms with E-state index in [4.69, 9.17) is 15.3 Å². The number of hydrogen-bond acceptors (Lipinski definition) is 11. The number of sulfonamides is 2. The molecular weight excluding hydrogens is 718 g/mol. The van der Waals surface area contributed by atoms with Crippen molar-refractivity contribution in [3.8, 4) is 0 Å². The molecule has 282 valence electrons. The Labute approximate surface area is 307 Å². The first kappa shape index (κ1) is 40.8. The van der Waals surface area contributed by atoms with Crippen LogP contribution in [0.25, 0.3) is 21.5 Å². The molecule has 2 saturated heterocycles. The summed E-state index contributed by atoms with van der Waals surface area (Å²) in [5, 5.41) is 4.47. The molecule has 5 rings (SSSR count). The van der Waals surface area contributed by atoms with Crippen molar-refractivity contribution in [3.05, 3.63) is 41.3 Å². The van der Waals surface area contributed by atoms with E-state index in [1.807, 2.05) is 27.7 Å². The molecule has 0 radical (unpaired) electrons. The van der Waals surface area contributed by atoms with E-state index in [1.54, 1.807) is 32.9 Å². The minimum absolute atomic E-state index is 0. The third kappa shape index (κ3) is 8.50. The standard InChI is InChI=1S/C35H49N5O8S2.ClH/c1-21-12-22(2)17-39(16-21)49(43,44)25-8-10-27-29(14-25)31(37-42)30-15-26(50(45,46)40-18-23(3)13-24(4)19-40)9-11-28(30)32(27)38-48-20-47-34(41)33(36)35(5,6)7;/h8-11,14-15,21-24,33,38H,12-13,16-20,36H2,1-7H3;1H/t21-,22+,23-,24+,33?;. The number of piperidine rings is 2. The second-order valence-corrected chi connectivity index (χ2v) is 19.3. The Kier molecular flexibility index (Phi) is 12.5. The lowest BCUT2D eigenvalue weighted by molar-refractivity contribution is -0.158. The summed E-state index contributed by atoms with van der Waals surface area (Å²) < 4.78 is 63.8. The Hall–Kier alpha value is -2.92. The number of carbonyl (C=O) groups is 1. The Bertz CT molecular complexity index is 1870. The van der Waals surface area contributed by atoms with Crippen LogP contribution in [0.3, 0.4) is 0 Å².